The van der Waals surface area contributed by atoms with Crippen molar-refractivity contribution >= 4 is 11.9 Å². The molecule has 0 spiro atoms. The number of piperazine rings is 2. The number of nitrogens with one attached hydrogen (secondary N) is 2. The number of hydrogen-bond acceptors (Lipinski definition) is 8. The van der Waals surface area contributed by atoms with Gasteiger partial charge in [-0.15, -0.1) is 10.1 Å². The van der Waals surface area contributed by atoms with Crippen molar-refractivity contribution in [2.45, 2.75) is 6.42 Å². The molecule has 19 heavy (non-hydrogen) atoms. The standard InChI is InChI=1S/C11H20N4O4/c16-10(18-14-5-1-12-2-6-14)9-11(17)19-15-7-3-13-4-8-15/h12-13H,1-9H2. The van der Waals surface area contributed by atoms with Crippen molar-refractivity contribution in [1.82, 2.24) is 20.8 Å². The quantitative estimate of drug-likeness (QED) is 0.574. The SMILES string of the molecule is O=C(CC(=O)ON1CCNCC1)ON1CCNCC1. The third kappa shape index (κ3) is 5.11. The minimum absolute atomic E-state index is 0.353. The van der Waals surface area contributed by atoms with E-state index in [0.29, 0.717) is 26.2 Å². The van der Waals surface area contributed by atoms with E-state index >= 15 is 0 Å². The molecule has 8 heteroatoms. The normalized spacial score (nSPS) is 21.9. The highest BCUT2D eigenvalue weighted by atomic mass is 16.7. The monoisotopic (exact) mass is 272 g/mol. The van der Waals surface area contributed by atoms with E-state index in [2.05, 4.69) is 10.6 Å². The first kappa shape index (κ1) is 14.2. The van der Waals surface area contributed by atoms with E-state index in [1.54, 1.807) is 10.1 Å². The first-order chi connectivity index (χ1) is 9.24. The molecule has 2 aliphatic rings. The fourth-order valence-corrected chi connectivity index (χ4v) is 1.94. The molecular formula is C11H20N4O4. The van der Waals surface area contributed by atoms with Gasteiger partial charge in [0.05, 0.1) is 0 Å². The number of nitrogens with zero attached hydrogens (tertiary/aromatic N) is 2. The Kier molecular flexibility index (Phi) is 5.52. The highest BCUT2D eigenvalue weighted by Crippen LogP contribution is 2.01. The molecule has 2 fully saturated rings. The van der Waals surface area contributed by atoms with Crippen LogP contribution in [0.15, 0.2) is 0 Å². The Morgan fingerprint density at radius 2 is 1.16 bits per heavy atom. The van der Waals surface area contributed by atoms with Crippen LogP contribution in [-0.2, 0) is 19.3 Å². The highest BCUT2D eigenvalue weighted by molar-refractivity contribution is 5.90. The van der Waals surface area contributed by atoms with Crippen LogP contribution in [-0.4, -0.2) is 74.4 Å². The summed E-state index contributed by atoms with van der Waals surface area (Å²) in [6.07, 6.45) is -0.353. The van der Waals surface area contributed by atoms with E-state index in [0.717, 1.165) is 26.2 Å². The molecule has 0 saturated carbocycles. The molecule has 0 bridgehead atoms. The van der Waals surface area contributed by atoms with Gasteiger partial charge in [-0.05, 0) is 0 Å². The second-order valence-electron chi connectivity index (χ2n) is 4.46. The summed E-state index contributed by atoms with van der Waals surface area (Å²) in [5.41, 5.74) is 0. The summed E-state index contributed by atoms with van der Waals surface area (Å²) in [6.45, 7) is 5.66. The molecule has 2 rings (SSSR count). The van der Waals surface area contributed by atoms with Gasteiger partial charge in [-0.2, -0.15) is 0 Å². The maximum atomic E-state index is 11.5. The summed E-state index contributed by atoms with van der Waals surface area (Å²) in [6, 6.07) is 0. The number of carbonyl (C=O) groups excluding carboxylic acids is 2. The average Bonchev–Trinajstić information content (AvgIpc) is 2.40. The van der Waals surface area contributed by atoms with Crippen LogP contribution in [0.2, 0.25) is 0 Å². The molecule has 8 nitrogen and oxygen atoms in total. The molecule has 0 aliphatic carbocycles. The zero-order chi connectivity index (χ0) is 13.5. The van der Waals surface area contributed by atoms with Crippen LogP contribution < -0.4 is 10.6 Å². The topological polar surface area (TPSA) is 83.1 Å². The number of carbonyl (C=O) groups is 2. The van der Waals surface area contributed by atoms with Crippen molar-refractivity contribution < 1.29 is 19.3 Å². The molecule has 0 aromatic carbocycles. The summed E-state index contributed by atoms with van der Waals surface area (Å²) in [5, 5.41) is 9.42. The van der Waals surface area contributed by atoms with Gasteiger partial charge in [0, 0.05) is 52.4 Å². The largest absolute Gasteiger partial charge is 0.367 e. The summed E-state index contributed by atoms with van der Waals surface area (Å²) < 4.78 is 0. The Labute approximate surface area is 111 Å². The minimum Gasteiger partial charge on any atom is -0.367 e. The molecule has 0 aromatic rings. The molecule has 0 unspecified atom stereocenters. The van der Waals surface area contributed by atoms with E-state index in [4.69, 9.17) is 9.68 Å². The van der Waals surface area contributed by atoms with Gasteiger partial charge in [-0.25, -0.2) is 9.59 Å². The minimum atomic E-state index is -0.568. The van der Waals surface area contributed by atoms with Crippen LogP contribution in [0.1, 0.15) is 6.42 Å². The van der Waals surface area contributed by atoms with Crippen LogP contribution in [0, 0.1) is 0 Å². The van der Waals surface area contributed by atoms with Crippen LogP contribution in [0.5, 0.6) is 0 Å². The third-order valence-electron chi connectivity index (χ3n) is 2.90. The predicted molar refractivity (Wildman–Crippen MR) is 65.7 cm³/mol. The Bertz CT molecular complexity index is 284. The molecule has 0 atom stereocenters. The van der Waals surface area contributed by atoms with E-state index in [9.17, 15) is 9.59 Å². The molecule has 0 aromatic heterocycles. The lowest BCUT2D eigenvalue weighted by molar-refractivity contribution is -0.205. The van der Waals surface area contributed by atoms with E-state index in [-0.39, 0.29) is 6.42 Å². The summed E-state index contributed by atoms with van der Waals surface area (Å²) in [5.74, 6) is -1.14. The van der Waals surface area contributed by atoms with Crippen molar-refractivity contribution in [1.29, 1.82) is 0 Å². The van der Waals surface area contributed by atoms with Gasteiger partial charge in [-0.1, -0.05) is 0 Å². The van der Waals surface area contributed by atoms with Gasteiger partial charge in [0.25, 0.3) is 0 Å². The molecule has 2 aliphatic heterocycles. The summed E-state index contributed by atoms with van der Waals surface area (Å²) >= 11 is 0. The molecule has 0 amide bonds. The van der Waals surface area contributed by atoms with Crippen LogP contribution in [0.4, 0.5) is 0 Å². The first-order valence-electron chi connectivity index (χ1n) is 6.57. The Balaban J connectivity index is 1.64. The molecule has 108 valence electrons. The highest BCUT2D eigenvalue weighted by Gasteiger charge is 2.21. The summed E-state index contributed by atoms with van der Waals surface area (Å²) in [7, 11) is 0. The van der Waals surface area contributed by atoms with Crippen LogP contribution in [0.25, 0.3) is 0 Å². The lowest BCUT2D eigenvalue weighted by Crippen LogP contribution is -2.45. The van der Waals surface area contributed by atoms with Gasteiger partial charge in [0.15, 0.2) is 0 Å². The number of hydrogen-bond donors (Lipinski definition) is 2. The van der Waals surface area contributed by atoms with Crippen molar-refractivity contribution in [3.63, 3.8) is 0 Å². The van der Waals surface area contributed by atoms with Crippen LogP contribution in [0.3, 0.4) is 0 Å². The van der Waals surface area contributed by atoms with Crippen LogP contribution >= 0.6 is 0 Å². The molecule has 2 heterocycles. The van der Waals surface area contributed by atoms with E-state index in [1.165, 1.54) is 0 Å². The zero-order valence-electron chi connectivity index (χ0n) is 10.9. The fraction of sp³-hybridized carbons (Fsp3) is 0.818. The molecule has 2 saturated heterocycles. The number of rotatable bonds is 4. The number of hydroxylamine groups is 4. The van der Waals surface area contributed by atoms with Crippen molar-refractivity contribution in [2.24, 2.45) is 0 Å². The van der Waals surface area contributed by atoms with E-state index < -0.39 is 11.9 Å². The van der Waals surface area contributed by atoms with Gasteiger partial charge >= 0.3 is 11.9 Å². The molecule has 0 radical (unpaired) electrons. The van der Waals surface area contributed by atoms with Gasteiger partial charge in [0.1, 0.15) is 6.42 Å². The Morgan fingerprint density at radius 1 is 0.789 bits per heavy atom. The third-order valence-corrected chi connectivity index (χ3v) is 2.90. The maximum absolute atomic E-state index is 11.5. The zero-order valence-corrected chi connectivity index (χ0v) is 10.9. The summed E-state index contributed by atoms with van der Waals surface area (Å²) in [4.78, 5) is 33.2. The van der Waals surface area contributed by atoms with Crippen molar-refractivity contribution in [2.75, 3.05) is 52.4 Å². The van der Waals surface area contributed by atoms with Crippen molar-refractivity contribution in [3.8, 4) is 0 Å². The second kappa shape index (κ2) is 7.39. The molecule has 2 N–H and O–H groups in total. The first-order valence-corrected chi connectivity index (χ1v) is 6.57. The predicted octanol–water partition coefficient (Wildman–Crippen LogP) is -1.90. The van der Waals surface area contributed by atoms with E-state index in [1.807, 2.05) is 0 Å². The average molecular weight is 272 g/mol. The molecular weight excluding hydrogens is 252 g/mol. The lowest BCUT2D eigenvalue weighted by atomic mass is 10.4. The van der Waals surface area contributed by atoms with Gasteiger partial charge in [0.2, 0.25) is 0 Å². The fourth-order valence-electron chi connectivity index (χ4n) is 1.94. The smallest absolute Gasteiger partial charge is 0.336 e. The van der Waals surface area contributed by atoms with Gasteiger partial charge < -0.3 is 20.3 Å². The Hall–Kier alpha value is -1.22. The second-order valence-corrected chi connectivity index (χ2v) is 4.46. The maximum Gasteiger partial charge on any atom is 0.336 e. The van der Waals surface area contributed by atoms with Crippen molar-refractivity contribution in [3.05, 3.63) is 0 Å². The van der Waals surface area contributed by atoms with Gasteiger partial charge in [-0.3, -0.25) is 0 Å². The Morgan fingerprint density at radius 3 is 1.53 bits per heavy atom. The lowest BCUT2D eigenvalue weighted by Gasteiger charge is -2.26.